The van der Waals surface area contributed by atoms with Crippen LogP contribution in [0.25, 0.3) is 5.76 Å². The summed E-state index contributed by atoms with van der Waals surface area (Å²) in [4.78, 5) is 40.0. The molecule has 3 aromatic rings. The number of anilines is 1. The number of hydrogen-bond donors (Lipinski definition) is 1. The number of aryl methyl sites for hydroxylation is 2. The molecule has 0 bridgehead atoms. The highest BCUT2D eigenvalue weighted by Gasteiger charge is 2.47. The summed E-state index contributed by atoms with van der Waals surface area (Å²) >= 11 is 0. The Kier molecular flexibility index (Phi) is 7.43. The van der Waals surface area contributed by atoms with E-state index < -0.39 is 17.7 Å². The van der Waals surface area contributed by atoms with Gasteiger partial charge in [0.05, 0.1) is 31.8 Å². The lowest BCUT2D eigenvalue weighted by molar-refractivity contribution is -0.142. The molecule has 3 aromatic carbocycles. The lowest BCUT2D eigenvalue weighted by Gasteiger charge is -2.26. The molecule has 1 N–H and O–H groups in total. The quantitative estimate of drug-likeness (QED) is 0.212. The second-order valence-electron chi connectivity index (χ2n) is 8.92. The number of carbonyl (C=O) groups excluding carboxylic acids is 3. The number of nitrogens with zero attached hydrogens (tertiary/aromatic N) is 1. The SMILES string of the molecule is CCOC(=O)Cc1ccc(N2C(=O)C(=O)/C(=C(\O)c3ccc(OC)c(C)c3)C2c2cccc(C)c2)cc1. The van der Waals surface area contributed by atoms with Crippen LogP contribution in [0.2, 0.25) is 0 Å². The molecule has 1 fully saturated rings. The lowest BCUT2D eigenvalue weighted by Crippen LogP contribution is -2.29. The Morgan fingerprint density at radius 1 is 1.00 bits per heavy atom. The van der Waals surface area contributed by atoms with Gasteiger partial charge in [-0.2, -0.15) is 0 Å². The molecule has 4 rings (SSSR count). The standard InChI is InChI=1S/C30H29NO6/c1-5-37-25(32)17-20-9-12-23(13-10-20)31-27(21-8-6-7-18(2)15-21)26(29(34)30(31)35)28(33)22-11-14-24(36-4)19(3)16-22/h6-16,27,33H,5,17H2,1-4H3/b28-26-. The summed E-state index contributed by atoms with van der Waals surface area (Å²) in [6, 6.07) is 18.6. The van der Waals surface area contributed by atoms with Gasteiger partial charge in [-0.25, -0.2) is 0 Å². The Labute approximate surface area is 215 Å². The molecule has 1 unspecified atom stereocenters. The number of amides is 1. The van der Waals surface area contributed by atoms with Gasteiger partial charge in [0.1, 0.15) is 11.5 Å². The number of methoxy groups -OCH3 is 1. The number of Topliss-reactive ketones (excluding diaryl/α,β-unsaturated/α-hetero) is 1. The minimum Gasteiger partial charge on any atom is -0.507 e. The van der Waals surface area contributed by atoms with Gasteiger partial charge < -0.3 is 14.6 Å². The van der Waals surface area contributed by atoms with Crippen LogP contribution in [0.15, 0.2) is 72.3 Å². The summed E-state index contributed by atoms with van der Waals surface area (Å²) in [7, 11) is 1.56. The summed E-state index contributed by atoms with van der Waals surface area (Å²) in [5, 5.41) is 11.3. The largest absolute Gasteiger partial charge is 0.507 e. The highest BCUT2D eigenvalue weighted by atomic mass is 16.5. The minimum absolute atomic E-state index is 0.00997. The Bertz CT molecular complexity index is 1390. The lowest BCUT2D eigenvalue weighted by atomic mass is 9.93. The van der Waals surface area contributed by atoms with Crippen LogP contribution in [-0.4, -0.2) is 36.5 Å². The summed E-state index contributed by atoms with van der Waals surface area (Å²) in [6.07, 6.45) is 0.102. The first-order valence-corrected chi connectivity index (χ1v) is 12.0. The predicted molar refractivity (Wildman–Crippen MR) is 140 cm³/mol. The molecule has 1 amide bonds. The van der Waals surface area contributed by atoms with Gasteiger partial charge in [-0.1, -0.05) is 42.0 Å². The van der Waals surface area contributed by atoms with Crippen LogP contribution >= 0.6 is 0 Å². The van der Waals surface area contributed by atoms with E-state index in [2.05, 4.69) is 0 Å². The molecule has 1 atom stereocenters. The average Bonchev–Trinajstić information content (AvgIpc) is 3.14. The topological polar surface area (TPSA) is 93.1 Å². The van der Waals surface area contributed by atoms with Gasteiger partial charge >= 0.3 is 5.97 Å². The van der Waals surface area contributed by atoms with Gasteiger partial charge in [0, 0.05) is 11.3 Å². The van der Waals surface area contributed by atoms with E-state index in [1.54, 1.807) is 56.5 Å². The van der Waals surface area contributed by atoms with Crippen molar-refractivity contribution in [1.82, 2.24) is 0 Å². The van der Waals surface area contributed by atoms with Crippen LogP contribution in [0.1, 0.15) is 40.8 Å². The van der Waals surface area contributed by atoms with E-state index in [4.69, 9.17) is 9.47 Å². The second kappa shape index (κ2) is 10.7. The molecule has 1 heterocycles. The molecular weight excluding hydrogens is 470 g/mol. The smallest absolute Gasteiger partial charge is 0.310 e. The van der Waals surface area contributed by atoms with Crippen molar-refractivity contribution in [2.75, 3.05) is 18.6 Å². The van der Waals surface area contributed by atoms with Crippen molar-refractivity contribution >= 4 is 29.1 Å². The molecule has 0 aliphatic carbocycles. The number of aliphatic hydroxyl groups excluding tert-OH is 1. The maximum Gasteiger partial charge on any atom is 0.310 e. The van der Waals surface area contributed by atoms with Crippen LogP contribution < -0.4 is 9.64 Å². The predicted octanol–water partition coefficient (Wildman–Crippen LogP) is 5.04. The molecular formula is C30H29NO6. The number of carbonyl (C=O) groups is 3. The second-order valence-corrected chi connectivity index (χ2v) is 8.92. The molecule has 1 aliphatic heterocycles. The van der Waals surface area contributed by atoms with Crippen LogP contribution in [0.3, 0.4) is 0 Å². The van der Waals surface area contributed by atoms with E-state index >= 15 is 0 Å². The van der Waals surface area contributed by atoms with Crippen molar-refractivity contribution in [2.24, 2.45) is 0 Å². The molecule has 0 aromatic heterocycles. The first kappa shape index (κ1) is 25.7. The average molecular weight is 500 g/mol. The highest BCUT2D eigenvalue weighted by molar-refractivity contribution is 6.51. The summed E-state index contributed by atoms with van der Waals surface area (Å²) < 4.78 is 10.3. The van der Waals surface area contributed by atoms with E-state index in [1.165, 1.54) is 4.90 Å². The van der Waals surface area contributed by atoms with E-state index in [0.717, 1.165) is 16.7 Å². The number of esters is 1. The highest BCUT2D eigenvalue weighted by Crippen LogP contribution is 2.42. The van der Waals surface area contributed by atoms with Crippen molar-refractivity contribution in [1.29, 1.82) is 0 Å². The van der Waals surface area contributed by atoms with Crippen molar-refractivity contribution in [2.45, 2.75) is 33.2 Å². The van der Waals surface area contributed by atoms with Crippen LogP contribution in [-0.2, 0) is 25.5 Å². The third kappa shape index (κ3) is 5.11. The van der Waals surface area contributed by atoms with E-state index in [1.807, 2.05) is 38.1 Å². The van der Waals surface area contributed by atoms with Gasteiger partial charge in [-0.15, -0.1) is 0 Å². The fraction of sp³-hybridized carbons (Fsp3) is 0.233. The first-order chi connectivity index (χ1) is 17.7. The van der Waals surface area contributed by atoms with E-state index in [-0.39, 0.29) is 23.7 Å². The van der Waals surface area contributed by atoms with Crippen LogP contribution in [0, 0.1) is 13.8 Å². The van der Waals surface area contributed by atoms with Crippen molar-refractivity contribution in [3.63, 3.8) is 0 Å². The fourth-order valence-corrected chi connectivity index (χ4v) is 4.59. The summed E-state index contributed by atoms with van der Waals surface area (Å²) in [6.45, 7) is 5.80. The summed E-state index contributed by atoms with van der Waals surface area (Å²) in [5.74, 6) is -1.46. The molecule has 0 saturated carbocycles. The minimum atomic E-state index is -0.835. The number of hydrogen-bond acceptors (Lipinski definition) is 6. The summed E-state index contributed by atoms with van der Waals surface area (Å²) in [5.41, 5.74) is 4.06. The molecule has 0 radical (unpaired) electrons. The number of aliphatic hydroxyl groups is 1. The van der Waals surface area contributed by atoms with E-state index in [9.17, 15) is 19.5 Å². The Morgan fingerprint density at radius 2 is 1.73 bits per heavy atom. The molecule has 0 spiro atoms. The van der Waals surface area contributed by atoms with Crippen LogP contribution in [0.4, 0.5) is 5.69 Å². The third-order valence-corrected chi connectivity index (χ3v) is 6.34. The van der Waals surface area contributed by atoms with Crippen molar-refractivity contribution < 1.29 is 29.0 Å². The van der Waals surface area contributed by atoms with Gasteiger partial charge in [0.2, 0.25) is 0 Å². The zero-order valence-electron chi connectivity index (χ0n) is 21.3. The van der Waals surface area contributed by atoms with Gasteiger partial charge in [0.25, 0.3) is 11.7 Å². The Hall–Kier alpha value is -4.39. The number of ketones is 1. The third-order valence-electron chi connectivity index (χ3n) is 6.34. The molecule has 190 valence electrons. The fourth-order valence-electron chi connectivity index (χ4n) is 4.59. The first-order valence-electron chi connectivity index (χ1n) is 12.0. The van der Waals surface area contributed by atoms with Gasteiger partial charge in [-0.05, 0) is 67.8 Å². The van der Waals surface area contributed by atoms with Crippen molar-refractivity contribution in [3.8, 4) is 5.75 Å². The number of rotatable bonds is 7. The van der Waals surface area contributed by atoms with Gasteiger partial charge in [-0.3, -0.25) is 19.3 Å². The number of ether oxygens (including phenoxy) is 2. The maximum absolute atomic E-state index is 13.4. The Balaban J connectivity index is 1.82. The molecule has 1 saturated heterocycles. The molecule has 7 heteroatoms. The molecule has 37 heavy (non-hydrogen) atoms. The van der Waals surface area contributed by atoms with E-state index in [0.29, 0.717) is 29.2 Å². The molecule has 7 nitrogen and oxygen atoms in total. The maximum atomic E-state index is 13.4. The zero-order chi connectivity index (χ0) is 26.7. The zero-order valence-corrected chi connectivity index (χ0v) is 21.3. The number of benzene rings is 3. The molecule has 1 aliphatic rings. The Morgan fingerprint density at radius 3 is 2.35 bits per heavy atom. The monoisotopic (exact) mass is 499 g/mol. The normalized spacial score (nSPS) is 16.6. The van der Waals surface area contributed by atoms with Crippen LogP contribution in [0.5, 0.6) is 5.75 Å². The van der Waals surface area contributed by atoms with Gasteiger partial charge in [0.15, 0.2) is 0 Å². The van der Waals surface area contributed by atoms with Crippen molar-refractivity contribution in [3.05, 3.63) is 100 Å².